The van der Waals surface area contributed by atoms with E-state index in [1.165, 1.54) is 12.1 Å². The minimum Gasteiger partial charge on any atom is -0.436 e. The maximum Gasteiger partial charge on any atom is 0.288 e. The summed E-state index contributed by atoms with van der Waals surface area (Å²) in [7, 11) is 0. The van der Waals surface area contributed by atoms with Gasteiger partial charge in [-0.15, -0.1) is 0 Å². The molecule has 1 N–H and O–H groups in total. The summed E-state index contributed by atoms with van der Waals surface area (Å²) in [4.78, 5) is 27.4. The van der Waals surface area contributed by atoms with E-state index in [9.17, 15) is 14.9 Å². The highest BCUT2D eigenvalue weighted by Gasteiger charge is 2.17. The summed E-state index contributed by atoms with van der Waals surface area (Å²) in [5.74, 6) is 0.0142. The lowest BCUT2D eigenvalue weighted by Gasteiger charge is -2.06. The number of carbonyl (C=O) groups excluding carboxylic acids is 1. The number of nitro benzene ring substituents is 1. The van der Waals surface area contributed by atoms with Crippen molar-refractivity contribution in [1.82, 2.24) is 4.98 Å². The van der Waals surface area contributed by atoms with Gasteiger partial charge in [-0.3, -0.25) is 14.9 Å². The average molecular weight is 422 g/mol. The quantitative estimate of drug-likeness (QED) is 0.325. The average Bonchev–Trinajstić information content (AvgIpc) is 3.13. The molecule has 4 rings (SSSR count). The maximum atomic E-state index is 12.4. The van der Waals surface area contributed by atoms with Crippen LogP contribution in [0, 0.1) is 24.0 Å². The summed E-state index contributed by atoms with van der Waals surface area (Å²) in [5.41, 5.74) is 4.79. The number of hydrogen-bond donors (Lipinski definition) is 1. The van der Waals surface area contributed by atoms with Crippen LogP contribution in [-0.2, 0) is 0 Å². The van der Waals surface area contributed by atoms with Gasteiger partial charge in [0.05, 0.1) is 4.92 Å². The fourth-order valence-electron chi connectivity index (χ4n) is 3.19. The highest BCUT2D eigenvalue weighted by molar-refractivity contribution is 6.32. The molecule has 1 aromatic heterocycles. The second kappa shape index (κ2) is 7.61. The molecule has 0 atom stereocenters. The van der Waals surface area contributed by atoms with Gasteiger partial charge in [0.1, 0.15) is 10.5 Å². The molecule has 0 aliphatic rings. The number of aryl methyl sites for hydroxylation is 2. The highest BCUT2D eigenvalue weighted by atomic mass is 35.5. The summed E-state index contributed by atoms with van der Waals surface area (Å²) >= 11 is 5.79. The molecule has 1 heterocycles. The third-order valence-corrected chi connectivity index (χ3v) is 4.93. The first-order valence-corrected chi connectivity index (χ1v) is 9.43. The summed E-state index contributed by atoms with van der Waals surface area (Å²) in [5, 5.41) is 13.7. The highest BCUT2D eigenvalue weighted by Crippen LogP contribution is 2.29. The van der Waals surface area contributed by atoms with Crippen LogP contribution in [0.2, 0.25) is 5.02 Å². The molecule has 3 aromatic carbocycles. The number of nitrogens with zero attached hydrogens (tertiary/aromatic N) is 2. The lowest BCUT2D eigenvalue weighted by atomic mass is 10.1. The maximum absolute atomic E-state index is 12.4. The van der Waals surface area contributed by atoms with Gasteiger partial charge in [0, 0.05) is 22.9 Å². The molecule has 0 aliphatic heterocycles. The molecule has 0 saturated heterocycles. The molecule has 0 fully saturated rings. The topological polar surface area (TPSA) is 98.3 Å². The molecule has 0 saturated carbocycles. The fourth-order valence-corrected chi connectivity index (χ4v) is 3.38. The Balaban J connectivity index is 1.56. The molecular formula is C22H16ClN3O4. The molecule has 0 spiro atoms. The van der Waals surface area contributed by atoms with Crippen LogP contribution in [0.5, 0.6) is 0 Å². The van der Waals surface area contributed by atoms with E-state index in [4.69, 9.17) is 16.0 Å². The molecule has 150 valence electrons. The minimum absolute atomic E-state index is 0.0235. The first-order valence-electron chi connectivity index (χ1n) is 9.05. The van der Waals surface area contributed by atoms with Crippen LogP contribution in [0.3, 0.4) is 0 Å². The van der Waals surface area contributed by atoms with E-state index in [0.29, 0.717) is 11.6 Å². The number of nitrogens with one attached hydrogen (secondary N) is 1. The SMILES string of the molecule is Cc1cc(C)c2oc(-c3ccc(NC(=O)c4ccc(Cl)c([N+](=O)[O-])c4)cc3)nc2c1. The Bertz CT molecular complexity index is 1300. The van der Waals surface area contributed by atoms with E-state index in [2.05, 4.69) is 10.3 Å². The van der Waals surface area contributed by atoms with Crippen molar-refractivity contribution < 1.29 is 14.1 Å². The van der Waals surface area contributed by atoms with Gasteiger partial charge >= 0.3 is 0 Å². The summed E-state index contributed by atoms with van der Waals surface area (Å²) < 4.78 is 5.90. The van der Waals surface area contributed by atoms with E-state index in [1.807, 2.05) is 26.0 Å². The van der Waals surface area contributed by atoms with Crippen molar-refractivity contribution in [3.63, 3.8) is 0 Å². The molecule has 30 heavy (non-hydrogen) atoms. The van der Waals surface area contributed by atoms with Gasteiger partial charge < -0.3 is 9.73 Å². The minimum atomic E-state index is -0.628. The molecule has 4 aromatic rings. The van der Waals surface area contributed by atoms with Crippen molar-refractivity contribution in [1.29, 1.82) is 0 Å². The van der Waals surface area contributed by atoms with Crippen LogP contribution in [0.25, 0.3) is 22.6 Å². The van der Waals surface area contributed by atoms with Crippen LogP contribution in [-0.4, -0.2) is 15.8 Å². The van der Waals surface area contributed by atoms with Crippen molar-refractivity contribution in [2.75, 3.05) is 5.32 Å². The number of rotatable bonds is 4. The van der Waals surface area contributed by atoms with Crippen LogP contribution < -0.4 is 5.32 Å². The Morgan fingerprint density at radius 2 is 1.83 bits per heavy atom. The lowest BCUT2D eigenvalue weighted by Crippen LogP contribution is -2.12. The van der Waals surface area contributed by atoms with E-state index >= 15 is 0 Å². The number of benzene rings is 3. The Hall–Kier alpha value is -3.71. The third-order valence-electron chi connectivity index (χ3n) is 4.61. The summed E-state index contributed by atoms with van der Waals surface area (Å²) in [6.07, 6.45) is 0. The number of anilines is 1. The normalized spacial score (nSPS) is 10.9. The van der Waals surface area contributed by atoms with E-state index < -0.39 is 10.8 Å². The zero-order valence-corrected chi connectivity index (χ0v) is 16.9. The lowest BCUT2D eigenvalue weighted by molar-refractivity contribution is -0.384. The van der Waals surface area contributed by atoms with Gasteiger partial charge in [-0.1, -0.05) is 17.7 Å². The predicted octanol–water partition coefficient (Wildman–Crippen LogP) is 5.93. The summed E-state index contributed by atoms with van der Waals surface area (Å²) in [6, 6.07) is 14.9. The Labute approximate surface area is 176 Å². The second-order valence-electron chi connectivity index (χ2n) is 6.90. The van der Waals surface area contributed by atoms with Crippen molar-refractivity contribution in [2.45, 2.75) is 13.8 Å². The number of aromatic nitrogens is 1. The number of carbonyl (C=O) groups is 1. The van der Waals surface area contributed by atoms with Crippen LogP contribution in [0.4, 0.5) is 11.4 Å². The van der Waals surface area contributed by atoms with Crippen LogP contribution in [0.15, 0.2) is 59.0 Å². The third kappa shape index (κ3) is 3.75. The van der Waals surface area contributed by atoms with Gasteiger partial charge in [0.25, 0.3) is 11.6 Å². The predicted molar refractivity (Wildman–Crippen MR) is 115 cm³/mol. The molecule has 7 nitrogen and oxygen atoms in total. The van der Waals surface area contributed by atoms with Crippen molar-refractivity contribution >= 4 is 40.0 Å². The van der Waals surface area contributed by atoms with Gasteiger partial charge in [-0.2, -0.15) is 0 Å². The number of amides is 1. The Morgan fingerprint density at radius 1 is 1.10 bits per heavy atom. The number of oxazole rings is 1. The number of hydrogen-bond acceptors (Lipinski definition) is 5. The number of halogens is 1. The summed E-state index contributed by atoms with van der Waals surface area (Å²) in [6.45, 7) is 3.98. The molecular weight excluding hydrogens is 406 g/mol. The monoisotopic (exact) mass is 421 g/mol. The van der Waals surface area contributed by atoms with Gasteiger partial charge in [-0.05, 0) is 67.4 Å². The zero-order chi connectivity index (χ0) is 21.4. The van der Waals surface area contributed by atoms with E-state index in [1.54, 1.807) is 24.3 Å². The van der Waals surface area contributed by atoms with Gasteiger partial charge in [-0.25, -0.2) is 4.98 Å². The van der Waals surface area contributed by atoms with Crippen LogP contribution in [0.1, 0.15) is 21.5 Å². The number of fused-ring (bicyclic) bond motifs is 1. The Kier molecular flexibility index (Phi) is 4.97. The molecule has 0 aliphatic carbocycles. The van der Waals surface area contributed by atoms with Crippen LogP contribution >= 0.6 is 11.6 Å². The van der Waals surface area contributed by atoms with Gasteiger partial charge in [0.2, 0.25) is 5.89 Å². The fraction of sp³-hybridized carbons (Fsp3) is 0.0909. The molecule has 0 unspecified atom stereocenters. The standard InChI is InChI=1S/C22H16ClN3O4/c1-12-9-13(2)20-18(10-12)25-22(30-20)14-3-6-16(7-4-14)24-21(27)15-5-8-17(23)19(11-15)26(28)29/h3-11H,1-2H3,(H,24,27). The largest absolute Gasteiger partial charge is 0.436 e. The van der Waals surface area contributed by atoms with E-state index in [-0.39, 0.29) is 16.3 Å². The van der Waals surface area contributed by atoms with Gasteiger partial charge in [0.15, 0.2) is 5.58 Å². The smallest absolute Gasteiger partial charge is 0.288 e. The van der Waals surface area contributed by atoms with Crippen molar-refractivity contribution in [3.05, 3.63) is 86.4 Å². The van der Waals surface area contributed by atoms with E-state index in [0.717, 1.165) is 33.9 Å². The molecule has 0 radical (unpaired) electrons. The Morgan fingerprint density at radius 3 is 2.53 bits per heavy atom. The van der Waals surface area contributed by atoms with Crippen molar-refractivity contribution in [3.8, 4) is 11.5 Å². The zero-order valence-electron chi connectivity index (χ0n) is 16.1. The number of nitro groups is 1. The second-order valence-corrected chi connectivity index (χ2v) is 7.31. The first-order chi connectivity index (χ1) is 14.3. The first kappa shape index (κ1) is 19.6. The molecule has 1 amide bonds. The molecule has 0 bridgehead atoms. The molecule has 8 heteroatoms. The van der Waals surface area contributed by atoms with Crippen molar-refractivity contribution in [2.24, 2.45) is 0 Å².